The first-order valence-electron chi connectivity index (χ1n) is 6.08. The molecular weight excluding hydrogens is 259 g/mol. The summed E-state index contributed by atoms with van der Waals surface area (Å²) in [4.78, 5) is 11.1. The summed E-state index contributed by atoms with van der Waals surface area (Å²) in [7, 11) is 0. The highest BCUT2D eigenvalue weighted by molar-refractivity contribution is 5.91. The van der Waals surface area contributed by atoms with Crippen LogP contribution in [0.3, 0.4) is 0 Å². The van der Waals surface area contributed by atoms with Crippen molar-refractivity contribution < 1.29 is 18.7 Å². The highest BCUT2D eigenvalue weighted by Gasteiger charge is 2.13. The standard InChI is InChI=1S/C16H11FO3/c1-9-5-6-10(7-12(9)16(18)19)14-8-11-3-2-4-13(17)15(11)20-14/h2-8H,1H3,(H,18,19). The molecule has 1 aromatic heterocycles. The summed E-state index contributed by atoms with van der Waals surface area (Å²) < 4.78 is 19.1. The largest absolute Gasteiger partial charge is 0.478 e. The van der Waals surface area contributed by atoms with Crippen molar-refractivity contribution in [1.82, 2.24) is 0 Å². The number of fused-ring (bicyclic) bond motifs is 1. The summed E-state index contributed by atoms with van der Waals surface area (Å²) in [6.45, 7) is 1.73. The Morgan fingerprint density at radius 3 is 2.70 bits per heavy atom. The quantitative estimate of drug-likeness (QED) is 0.757. The van der Waals surface area contributed by atoms with Gasteiger partial charge in [0.2, 0.25) is 0 Å². The van der Waals surface area contributed by atoms with Gasteiger partial charge in [-0.15, -0.1) is 0 Å². The molecule has 100 valence electrons. The van der Waals surface area contributed by atoms with Crippen molar-refractivity contribution in [3.8, 4) is 11.3 Å². The minimum absolute atomic E-state index is 0.181. The van der Waals surface area contributed by atoms with E-state index < -0.39 is 11.8 Å². The number of aryl methyl sites for hydroxylation is 1. The average molecular weight is 270 g/mol. The van der Waals surface area contributed by atoms with Crippen LogP contribution in [-0.2, 0) is 0 Å². The van der Waals surface area contributed by atoms with Gasteiger partial charge in [0, 0.05) is 10.9 Å². The predicted molar refractivity (Wildman–Crippen MR) is 73.3 cm³/mol. The van der Waals surface area contributed by atoms with Gasteiger partial charge in [0.1, 0.15) is 5.76 Å². The van der Waals surface area contributed by atoms with Crippen LogP contribution in [0.2, 0.25) is 0 Å². The molecule has 0 aliphatic heterocycles. The molecule has 0 bridgehead atoms. The Balaban J connectivity index is 2.18. The summed E-state index contributed by atoms with van der Waals surface area (Å²) in [5.74, 6) is -0.974. The van der Waals surface area contributed by atoms with Crippen molar-refractivity contribution in [3.63, 3.8) is 0 Å². The zero-order valence-electron chi connectivity index (χ0n) is 10.7. The predicted octanol–water partition coefficient (Wildman–Crippen LogP) is 4.25. The van der Waals surface area contributed by atoms with E-state index in [9.17, 15) is 9.18 Å². The van der Waals surface area contributed by atoms with Gasteiger partial charge in [0.25, 0.3) is 0 Å². The van der Waals surface area contributed by atoms with Gasteiger partial charge in [-0.25, -0.2) is 9.18 Å². The van der Waals surface area contributed by atoms with Crippen LogP contribution in [0.5, 0.6) is 0 Å². The summed E-state index contributed by atoms with van der Waals surface area (Å²) in [5, 5.41) is 9.78. The van der Waals surface area contributed by atoms with Crippen LogP contribution in [-0.4, -0.2) is 11.1 Å². The normalized spacial score (nSPS) is 10.9. The van der Waals surface area contributed by atoms with Crippen LogP contribution in [0.25, 0.3) is 22.3 Å². The lowest BCUT2D eigenvalue weighted by Gasteiger charge is -2.03. The van der Waals surface area contributed by atoms with Gasteiger partial charge >= 0.3 is 5.97 Å². The maximum Gasteiger partial charge on any atom is 0.335 e. The Hall–Kier alpha value is -2.62. The molecule has 3 aromatic rings. The third-order valence-corrected chi connectivity index (χ3v) is 3.25. The second-order valence-electron chi connectivity index (χ2n) is 4.60. The molecule has 0 amide bonds. The van der Waals surface area contributed by atoms with E-state index in [1.54, 1.807) is 37.3 Å². The lowest BCUT2D eigenvalue weighted by molar-refractivity contribution is 0.0696. The Kier molecular flexibility index (Phi) is 2.79. The summed E-state index contributed by atoms with van der Waals surface area (Å²) in [5.41, 5.74) is 1.68. The van der Waals surface area contributed by atoms with Crippen molar-refractivity contribution in [2.24, 2.45) is 0 Å². The van der Waals surface area contributed by atoms with Crippen LogP contribution < -0.4 is 0 Å². The van der Waals surface area contributed by atoms with Crippen LogP contribution in [0.15, 0.2) is 46.9 Å². The third-order valence-electron chi connectivity index (χ3n) is 3.25. The first-order valence-corrected chi connectivity index (χ1v) is 6.08. The molecule has 0 saturated heterocycles. The molecule has 0 unspecified atom stereocenters. The number of para-hydroxylation sites is 1. The van der Waals surface area contributed by atoms with Gasteiger partial charge in [-0.1, -0.05) is 24.3 Å². The Morgan fingerprint density at radius 1 is 1.20 bits per heavy atom. The number of rotatable bonds is 2. The lowest BCUT2D eigenvalue weighted by Crippen LogP contribution is -1.99. The molecule has 0 atom stereocenters. The molecule has 0 aliphatic carbocycles. The highest BCUT2D eigenvalue weighted by Crippen LogP contribution is 2.30. The van der Waals surface area contributed by atoms with E-state index in [4.69, 9.17) is 9.52 Å². The van der Waals surface area contributed by atoms with E-state index in [1.165, 1.54) is 12.1 Å². The van der Waals surface area contributed by atoms with Crippen molar-refractivity contribution in [2.75, 3.05) is 0 Å². The minimum atomic E-state index is -0.994. The number of carbonyl (C=O) groups is 1. The van der Waals surface area contributed by atoms with Crippen LogP contribution in [0, 0.1) is 12.7 Å². The van der Waals surface area contributed by atoms with E-state index in [2.05, 4.69) is 0 Å². The first kappa shape index (κ1) is 12.4. The first-order chi connectivity index (χ1) is 9.56. The van der Waals surface area contributed by atoms with Crippen molar-refractivity contribution in [2.45, 2.75) is 6.92 Å². The SMILES string of the molecule is Cc1ccc(-c2cc3cccc(F)c3o2)cc1C(=O)O. The second-order valence-corrected chi connectivity index (χ2v) is 4.60. The van der Waals surface area contributed by atoms with Gasteiger partial charge in [-0.3, -0.25) is 0 Å². The molecule has 20 heavy (non-hydrogen) atoms. The lowest BCUT2D eigenvalue weighted by atomic mass is 10.0. The molecule has 0 fully saturated rings. The number of furan rings is 1. The second kappa shape index (κ2) is 4.49. The highest BCUT2D eigenvalue weighted by atomic mass is 19.1. The van der Waals surface area contributed by atoms with Crippen molar-refractivity contribution in [3.05, 3.63) is 59.4 Å². The number of hydrogen-bond donors (Lipinski definition) is 1. The Bertz CT molecular complexity index is 818. The molecule has 0 radical (unpaired) electrons. The van der Waals surface area contributed by atoms with E-state index in [1.807, 2.05) is 0 Å². The fourth-order valence-corrected chi connectivity index (χ4v) is 2.18. The van der Waals surface area contributed by atoms with Crippen LogP contribution in [0.4, 0.5) is 4.39 Å². The van der Waals surface area contributed by atoms with Crippen molar-refractivity contribution in [1.29, 1.82) is 0 Å². The summed E-state index contributed by atoms with van der Waals surface area (Å²) >= 11 is 0. The van der Waals surface area contributed by atoms with Gasteiger partial charge in [-0.2, -0.15) is 0 Å². The van der Waals surface area contributed by atoms with Crippen LogP contribution >= 0.6 is 0 Å². The summed E-state index contributed by atoms with van der Waals surface area (Å²) in [6.07, 6.45) is 0. The van der Waals surface area contributed by atoms with E-state index >= 15 is 0 Å². The number of aromatic carboxylic acids is 1. The monoisotopic (exact) mass is 270 g/mol. The number of carboxylic acids is 1. The fourth-order valence-electron chi connectivity index (χ4n) is 2.18. The molecule has 0 spiro atoms. The fraction of sp³-hybridized carbons (Fsp3) is 0.0625. The number of carboxylic acid groups (broad SMARTS) is 1. The zero-order chi connectivity index (χ0) is 14.3. The average Bonchev–Trinajstić information content (AvgIpc) is 2.84. The molecule has 1 N–H and O–H groups in total. The Labute approximate surface area is 114 Å². The maximum absolute atomic E-state index is 13.6. The topological polar surface area (TPSA) is 50.4 Å². The van der Waals surface area contributed by atoms with Gasteiger partial charge in [-0.05, 0) is 30.7 Å². The van der Waals surface area contributed by atoms with E-state index in [0.717, 1.165) is 0 Å². The van der Waals surface area contributed by atoms with Gasteiger partial charge in [0.05, 0.1) is 5.56 Å². The molecule has 1 heterocycles. The van der Waals surface area contributed by atoms with Gasteiger partial charge < -0.3 is 9.52 Å². The molecule has 4 heteroatoms. The van der Waals surface area contributed by atoms with E-state index in [-0.39, 0.29) is 11.1 Å². The summed E-state index contributed by atoms with van der Waals surface area (Å²) in [6, 6.07) is 11.4. The number of hydrogen-bond acceptors (Lipinski definition) is 2. The molecule has 3 rings (SSSR count). The van der Waals surface area contributed by atoms with E-state index in [0.29, 0.717) is 22.3 Å². The maximum atomic E-state index is 13.6. The van der Waals surface area contributed by atoms with Crippen LogP contribution in [0.1, 0.15) is 15.9 Å². The third kappa shape index (κ3) is 1.95. The van der Waals surface area contributed by atoms with Gasteiger partial charge in [0.15, 0.2) is 11.4 Å². The van der Waals surface area contributed by atoms with Crippen molar-refractivity contribution >= 4 is 16.9 Å². The number of halogens is 1. The molecule has 0 saturated carbocycles. The number of benzene rings is 2. The minimum Gasteiger partial charge on any atom is -0.478 e. The smallest absolute Gasteiger partial charge is 0.335 e. The molecule has 2 aromatic carbocycles. The zero-order valence-corrected chi connectivity index (χ0v) is 10.7. The molecule has 0 aliphatic rings. The molecular formula is C16H11FO3. The Morgan fingerprint density at radius 2 is 2.00 bits per heavy atom. The molecule has 3 nitrogen and oxygen atoms in total.